The first-order valence-corrected chi connectivity index (χ1v) is 9.65. The van der Waals surface area contributed by atoms with Gasteiger partial charge in [-0.3, -0.25) is 9.69 Å². The molecule has 5 nitrogen and oxygen atoms in total. The fraction of sp³-hybridized carbons (Fsp3) is 0.944. The molecule has 4 heterocycles. The Labute approximate surface area is 139 Å². The average Bonchev–Trinajstić information content (AvgIpc) is 3.29. The quantitative estimate of drug-likeness (QED) is 0.762. The van der Waals surface area contributed by atoms with Gasteiger partial charge >= 0.3 is 0 Å². The smallest absolute Gasteiger partial charge is 0.222 e. The summed E-state index contributed by atoms with van der Waals surface area (Å²) in [6.45, 7) is 8.69. The predicted molar refractivity (Wildman–Crippen MR) is 89.3 cm³/mol. The molecule has 4 aliphatic heterocycles. The summed E-state index contributed by atoms with van der Waals surface area (Å²) in [5.74, 6) is 1.11. The summed E-state index contributed by atoms with van der Waals surface area (Å²) in [6, 6.07) is 1.08. The lowest BCUT2D eigenvalue weighted by atomic mass is 9.95. The summed E-state index contributed by atoms with van der Waals surface area (Å²) in [4.78, 5) is 19.9. The molecule has 5 heteroatoms. The van der Waals surface area contributed by atoms with E-state index in [-0.39, 0.29) is 0 Å². The van der Waals surface area contributed by atoms with Crippen molar-refractivity contribution in [2.75, 3.05) is 52.5 Å². The molecule has 3 atom stereocenters. The Morgan fingerprint density at radius 2 is 1.87 bits per heavy atom. The molecule has 0 aromatic carbocycles. The molecular formula is C18H31N3O2. The number of ether oxygens (including phenoxy) is 1. The van der Waals surface area contributed by atoms with Crippen molar-refractivity contribution in [1.82, 2.24) is 14.7 Å². The second-order valence-electron chi connectivity index (χ2n) is 7.82. The van der Waals surface area contributed by atoms with Crippen LogP contribution in [-0.4, -0.2) is 85.2 Å². The molecule has 1 amide bonds. The van der Waals surface area contributed by atoms with E-state index in [1.165, 1.54) is 51.9 Å². The largest absolute Gasteiger partial charge is 0.381 e. The van der Waals surface area contributed by atoms with Crippen LogP contribution in [0.2, 0.25) is 0 Å². The van der Waals surface area contributed by atoms with Crippen molar-refractivity contribution in [2.24, 2.45) is 5.92 Å². The van der Waals surface area contributed by atoms with Gasteiger partial charge in [-0.25, -0.2) is 0 Å². The Bertz CT molecular complexity index is 418. The maximum atomic E-state index is 12.5. The van der Waals surface area contributed by atoms with Crippen LogP contribution in [0.15, 0.2) is 0 Å². The van der Waals surface area contributed by atoms with Gasteiger partial charge < -0.3 is 14.5 Å². The number of piperidine rings is 1. The minimum Gasteiger partial charge on any atom is -0.381 e. The van der Waals surface area contributed by atoms with E-state index in [2.05, 4.69) is 14.7 Å². The third-order valence-electron chi connectivity index (χ3n) is 6.37. The van der Waals surface area contributed by atoms with Crippen molar-refractivity contribution < 1.29 is 9.53 Å². The first-order valence-electron chi connectivity index (χ1n) is 9.65. The van der Waals surface area contributed by atoms with Crippen molar-refractivity contribution in [3.63, 3.8) is 0 Å². The Morgan fingerprint density at radius 1 is 1.00 bits per heavy atom. The highest BCUT2D eigenvalue weighted by molar-refractivity contribution is 5.77. The van der Waals surface area contributed by atoms with E-state index < -0.39 is 0 Å². The number of likely N-dealkylation sites (tertiary alicyclic amines) is 3. The highest BCUT2D eigenvalue weighted by Crippen LogP contribution is 2.32. The summed E-state index contributed by atoms with van der Waals surface area (Å²) >= 11 is 0. The van der Waals surface area contributed by atoms with Crippen LogP contribution < -0.4 is 0 Å². The second kappa shape index (κ2) is 7.08. The second-order valence-corrected chi connectivity index (χ2v) is 7.82. The topological polar surface area (TPSA) is 36.0 Å². The summed E-state index contributed by atoms with van der Waals surface area (Å²) in [6.07, 6.45) is 6.86. The summed E-state index contributed by atoms with van der Waals surface area (Å²) in [7, 11) is 0. The lowest BCUT2D eigenvalue weighted by Crippen LogP contribution is -2.54. The summed E-state index contributed by atoms with van der Waals surface area (Å²) in [5.41, 5.74) is 0. The molecule has 4 aliphatic rings. The zero-order chi connectivity index (χ0) is 15.6. The lowest BCUT2D eigenvalue weighted by molar-refractivity contribution is -0.138. The Hall–Kier alpha value is -0.650. The van der Waals surface area contributed by atoms with Crippen LogP contribution in [0.25, 0.3) is 0 Å². The predicted octanol–water partition coefficient (Wildman–Crippen LogP) is 1.18. The molecule has 0 aliphatic carbocycles. The lowest BCUT2D eigenvalue weighted by Gasteiger charge is -2.41. The fourth-order valence-electron chi connectivity index (χ4n) is 5.07. The number of nitrogens with zero attached hydrogens (tertiary/aromatic N) is 3. The molecule has 130 valence electrons. The van der Waals surface area contributed by atoms with Gasteiger partial charge in [0.25, 0.3) is 0 Å². The standard InChI is InChI=1S/C18H31N3O2/c22-18-4-3-16-17(21(18)11-10-19-7-1-2-8-19)5-9-20(16)13-15-6-12-23-14-15/h15-17H,1-14H2/t15-,16+,17+/m1/s1. The van der Waals surface area contributed by atoms with E-state index in [0.717, 1.165) is 39.1 Å². The minimum absolute atomic E-state index is 0.400. The molecule has 0 saturated carbocycles. The van der Waals surface area contributed by atoms with Gasteiger partial charge in [0.1, 0.15) is 0 Å². The van der Waals surface area contributed by atoms with E-state index >= 15 is 0 Å². The van der Waals surface area contributed by atoms with Crippen LogP contribution in [-0.2, 0) is 9.53 Å². The number of carbonyl (C=O) groups excluding carboxylic acids is 1. The maximum Gasteiger partial charge on any atom is 0.222 e. The molecule has 0 spiro atoms. The third-order valence-corrected chi connectivity index (χ3v) is 6.37. The summed E-state index contributed by atoms with van der Waals surface area (Å²) < 4.78 is 5.54. The fourth-order valence-corrected chi connectivity index (χ4v) is 5.07. The number of fused-ring (bicyclic) bond motifs is 1. The molecule has 4 rings (SSSR count). The zero-order valence-corrected chi connectivity index (χ0v) is 14.3. The zero-order valence-electron chi connectivity index (χ0n) is 14.3. The number of amides is 1. The van der Waals surface area contributed by atoms with Crippen LogP contribution >= 0.6 is 0 Å². The average molecular weight is 321 g/mol. The number of rotatable bonds is 5. The molecule has 0 aromatic rings. The van der Waals surface area contributed by atoms with Gasteiger partial charge in [-0.2, -0.15) is 0 Å². The van der Waals surface area contributed by atoms with Crippen molar-refractivity contribution in [2.45, 2.75) is 50.6 Å². The molecule has 0 bridgehead atoms. The van der Waals surface area contributed by atoms with E-state index in [0.29, 0.717) is 23.9 Å². The van der Waals surface area contributed by atoms with Crippen molar-refractivity contribution in [3.05, 3.63) is 0 Å². The molecular weight excluding hydrogens is 290 g/mol. The van der Waals surface area contributed by atoms with Crippen LogP contribution in [0, 0.1) is 5.92 Å². The van der Waals surface area contributed by atoms with Crippen LogP contribution in [0.5, 0.6) is 0 Å². The molecule has 0 N–H and O–H groups in total. The van der Waals surface area contributed by atoms with Crippen LogP contribution in [0.4, 0.5) is 0 Å². The molecule has 4 fully saturated rings. The van der Waals surface area contributed by atoms with E-state index in [1.54, 1.807) is 0 Å². The van der Waals surface area contributed by atoms with E-state index in [4.69, 9.17) is 4.74 Å². The Kier molecular flexibility index (Phi) is 4.88. The first-order chi connectivity index (χ1) is 11.3. The summed E-state index contributed by atoms with van der Waals surface area (Å²) in [5, 5.41) is 0. The van der Waals surface area contributed by atoms with E-state index in [1.807, 2.05) is 0 Å². The van der Waals surface area contributed by atoms with Gasteiger partial charge in [0.15, 0.2) is 0 Å². The van der Waals surface area contributed by atoms with Crippen molar-refractivity contribution in [3.8, 4) is 0 Å². The Balaban J connectivity index is 1.34. The normalized spacial score (nSPS) is 36.1. The molecule has 0 unspecified atom stereocenters. The van der Waals surface area contributed by atoms with Gasteiger partial charge in [-0.1, -0.05) is 0 Å². The van der Waals surface area contributed by atoms with E-state index in [9.17, 15) is 4.79 Å². The third kappa shape index (κ3) is 3.42. The monoisotopic (exact) mass is 321 g/mol. The van der Waals surface area contributed by atoms with Gasteiger partial charge in [-0.15, -0.1) is 0 Å². The SMILES string of the molecule is O=C1CC[C@H]2[C@H](CCN2C[C@H]2CCOC2)N1CCN1CCCC1. The molecule has 4 saturated heterocycles. The van der Waals surface area contributed by atoms with Crippen LogP contribution in [0.3, 0.4) is 0 Å². The van der Waals surface area contributed by atoms with Gasteiger partial charge in [-0.05, 0) is 51.1 Å². The van der Waals surface area contributed by atoms with Crippen molar-refractivity contribution >= 4 is 5.91 Å². The number of hydrogen-bond donors (Lipinski definition) is 0. The van der Waals surface area contributed by atoms with Crippen molar-refractivity contribution in [1.29, 1.82) is 0 Å². The van der Waals surface area contributed by atoms with Gasteiger partial charge in [0.05, 0.1) is 6.61 Å². The van der Waals surface area contributed by atoms with Gasteiger partial charge in [0.2, 0.25) is 5.91 Å². The molecule has 0 radical (unpaired) electrons. The number of carbonyl (C=O) groups is 1. The maximum absolute atomic E-state index is 12.5. The first kappa shape index (κ1) is 15.9. The van der Waals surface area contributed by atoms with Crippen LogP contribution in [0.1, 0.15) is 38.5 Å². The molecule has 0 aromatic heterocycles. The highest BCUT2D eigenvalue weighted by Gasteiger charge is 2.43. The molecule has 23 heavy (non-hydrogen) atoms. The van der Waals surface area contributed by atoms with Gasteiger partial charge in [0, 0.05) is 51.3 Å². The minimum atomic E-state index is 0.400. The highest BCUT2D eigenvalue weighted by atomic mass is 16.5. The Morgan fingerprint density at radius 3 is 2.65 bits per heavy atom. The number of hydrogen-bond acceptors (Lipinski definition) is 4.